The van der Waals surface area contributed by atoms with Crippen molar-refractivity contribution >= 4 is 0 Å². The van der Waals surface area contributed by atoms with E-state index in [0.29, 0.717) is 25.0 Å². The molecule has 0 spiro atoms. The zero-order valence-electron chi connectivity index (χ0n) is 10.6. The smallest absolute Gasteiger partial charge is 0.161 e. The van der Waals surface area contributed by atoms with Crippen LogP contribution in [0.5, 0.6) is 11.5 Å². The first kappa shape index (κ1) is 12.2. The largest absolute Gasteiger partial charge is 0.486 e. The summed E-state index contributed by atoms with van der Waals surface area (Å²) in [5.74, 6) is 2.81. The maximum Gasteiger partial charge on any atom is 0.161 e. The average Bonchev–Trinajstić information content (AvgIpc) is 2.35. The van der Waals surface area contributed by atoms with Gasteiger partial charge in [0.25, 0.3) is 0 Å². The van der Waals surface area contributed by atoms with E-state index in [1.54, 1.807) is 0 Å². The molecule has 1 aromatic carbocycles. The molecule has 3 heteroatoms. The minimum absolute atomic E-state index is 0.496. The van der Waals surface area contributed by atoms with Gasteiger partial charge in [0.15, 0.2) is 11.5 Å². The Balaban J connectivity index is 2.25. The van der Waals surface area contributed by atoms with Crippen LogP contribution < -0.4 is 15.2 Å². The van der Waals surface area contributed by atoms with Crippen LogP contribution in [-0.4, -0.2) is 19.8 Å². The van der Waals surface area contributed by atoms with Gasteiger partial charge in [0, 0.05) is 0 Å². The van der Waals surface area contributed by atoms with Crippen molar-refractivity contribution in [3.63, 3.8) is 0 Å². The maximum atomic E-state index is 5.69. The Bertz CT molecular complexity index is 376. The number of ether oxygens (including phenoxy) is 2. The number of hydrogen-bond donors (Lipinski definition) is 1. The molecule has 0 radical (unpaired) electrons. The lowest BCUT2D eigenvalue weighted by molar-refractivity contribution is 0.171. The van der Waals surface area contributed by atoms with Gasteiger partial charge in [-0.2, -0.15) is 0 Å². The van der Waals surface area contributed by atoms with Crippen molar-refractivity contribution in [2.45, 2.75) is 26.2 Å². The van der Waals surface area contributed by atoms with Crippen molar-refractivity contribution in [2.75, 3.05) is 19.8 Å². The van der Waals surface area contributed by atoms with Crippen molar-refractivity contribution in [1.29, 1.82) is 0 Å². The predicted molar refractivity (Wildman–Crippen MR) is 68.7 cm³/mol. The molecule has 0 saturated heterocycles. The summed E-state index contributed by atoms with van der Waals surface area (Å²) in [4.78, 5) is 0. The van der Waals surface area contributed by atoms with E-state index in [1.165, 1.54) is 5.56 Å². The van der Waals surface area contributed by atoms with E-state index in [0.717, 1.165) is 24.5 Å². The van der Waals surface area contributed by atoms with E-state index in [1.807, 2.05) is 6.07 Å². The van der Waals surface area contributed by atoms with Gasteiger partial charge in [0.1, 0.15) is 13.2 Å². The zero-order valence-corrected chi connectivity index (χ0v) is 10.6. The summed E-state index contributed by atoms with van der Waals surface area (Å²) in [6.45, 7) is 6.47. The Morgan fingerprint density at radius 1 is 1.18 bits per heavy atom. The minimum atomic E-state index is 0.496. The number of nitrogens with two attached hydrogens (primary N) is 1. The van der Waals surface area contributed by atoms with Crippen molar-refractivity contribution in [3.05, 3.63) is 23.8 Å². The summed E-state index contributed by atoms with van der Waals surface area (Å²) in [5.41, 5.74) is 6.99. The predicted octanol–water partition coefficient (Wildman–Crippen LogP) is 2.55. The second kappa shape index (κ2) is 5.41. The van der Waals surface area contributed by atoms with Gasteiger partial charge >= 0.3 is 0 Å². The number of hydrogen-bond acceptors (Lipinski definition) is 3. The van der Waals surface area contributed by atoms with Crippen LogP contribution >= 0.6 is 0 Å². The molecule has 0 aliphatic carbocycles. The molecule has 2 N–H and O–H groups in total. The molecule has 0 saturated carbocycles. The lowest BCUT2D eigenvalue weighted by Gasteiger charge is -2.24. The van der Waals surface area contributed by atoms with E-state index in [9.17, 15) is 0 Å². The topological polar surface area (TPSA) is 44.5 Å². The van der Waals surface area contributed by atoms with Crippen LogP contribution in [0.1, 0.15) is 31.7 Å². The molecule has 94 valence electrons. The summed E-state index contributed by atoms with van der Waals surface area (Å²) in [6.07, 6.45) is 1.01. The van der Waals surface area contributed by atoms with Gasteiger partial charge in [-0.25, -0.2) is 0 Å². The van der Waals surface area contributed by atoms with Gasteiger partial charge in [0.05, 0.1) is 0 Å². The third kappa shape index (κ3) is 2.72. The first-order chi connectivity index (χ1) is 8.22. The van der Waals surface area contributed by atoms with Crippen LogP contribution in [0.15, 0.2) is 18.2 Å². The van der Waals surface area contributed by atoms with Gasteiger partial charge in [-0.3, -0.25) is 0 Å². The monoisotopic (exact) mass is 235 g/mol. The summed E-state index contributed by atoms with van der Waals surface area (Å²) in [6, 6.07) is 6.25. The first-order valence-electron chi connectivity index (χ1n) is 6.32. The zero-order chi connectivity index (χ0) is 12.3. The molecule has 3 nitrogen and oxygen atoms in total. The highest BCUT2D eigenvalue weighted by atomic mass is 16.6. The SMILES string of the molecule is CC(C)C(CCN)c1ccc2c(c1)OCCO2. The molecular weight excluding hydrogens is 214 g/mol. The molecule has 1 aliphatic heterocycles. The Morgan fingerprint density at radius 2 is 1.88 bits per heavy atom. The lowest BCUT2D eigenvalue weighted by Crippen LogP contribution is -2.17. The van der Waals surface area contributed by atoms with Crippen molar-refractivity contribution < 1.29 is 9.47 Å². The molecule has 0 bridgehead atoms. The van der Waals surface area contributed by atoms with Crippen molar-refractivity contribution in [3.8, 4) is 11.5 Å². The molecular formula is C14H21NO2. The summed E-state index contributed by atoms with van der Waals surface area (Å²) < 4.78 is 11.1. The van der Waals surface area contributed by atoms with Gasteiger partial charge < -0.3 is 15.2 Å². The molecule has 1 aromatic rings. The van der Waals surface area contributed by atoms with Crippen molar-refractivity contribution in [2.24, 2.45) is 11.7 Å². The molecule has 1 unspecified atom stereocenters. The first-order valence-corrected chi connectivity index (χ1v) is 6.32. The summed E-state index contributed by atoms with van der Waals surface area (Å²) >= 11 is 0. The maximum absolute atomic E-state index is 5.69. The van der Waals surface area contributed by atoms with E-state index < -0.39 is 0 Å². The fraction of sp³-hybridized carbons (Fsp3) is 0.571. The Hall–Kier alpha value is -1.22. The molecule has 0 amide bonds. The molecule has 1 aliphatic rings. The van der Waals surface area contributed by atoms with Crippen LogP contribution in [0.2, 0.25) is 0 Å². The second-order valence-corrected chi connectivity index (χ2v) is 4.83. The third-order valence-electron chi connectivity index (χ3n) is 3.28. The van der Waals surface area contributed by atoms with E-state index in [-0.39, 0.29) is 0 Å². The second-order valence-electron chi connectivity index (χ2n) is 4.83. The minimum Gasteiger partial charge on any atom is -0.486 e. The molecule has 17 heavy (non-hydrogen) atoms. The van der Waals surface area contributed by atoms with Crippen LogP contribution in [-0.2, 0) is 0 Å². The summed E-state index contributed by atoms with van der Waals surface area (Å²) in [5, 5.41) is 0. The molecule has 2 rings (SSSR count). The van der Waals surface area contributed by atoms with E-state index in [2.05, 4.69) is 26.0 Å². The third-order valence-corrected chi connectivity index (χ3v) is 3.28. The highest BCUT2D eigenvalue weighted by Gasteiger charge is 2.18. The quantitative estimate of drug-likeness (QED) is 0.872. The van der Waals surface area contributed by atoms with Crippen LogP contribution in [0, 0.1) is 5.92 Å². The lowest BCUT2D eigenvalue weighted by atomic mass is 9.85. The Kier molecular flexibility index (Phi) is 3.89. The number of rotatable bonds is 4. The standard InChI is InChI=1S/C14H21NO2/c1-10(2)12(5-6-15)11-3-4-13-14(9-11)17-8-7-16-13/h3-4,9-10,12H,5-8,15H2,1-2H3. The normalized spacial score (nSPS) is 16.0. The molecule has 1 atom stereocenters. The van der Waals surface area contributed by atoms with E-state index >= 15 is 0 Å². The number of benzene rings is 1. The van der Waals surface area contributed by atoms with Gasteiger partial charge in [-0.15, -0.1) is 0 Å². The van der Waals surface area contributed by atoms with Gasteiger partial charge in [0.2, 0.25) is 0 Å². The fourth-order valence-corrected chi connectivity index (χ4v) is 2.36. The van der Waals surface area contributed by atoms with Crippen molar-refractivity contribution in [1.82, 2.24) is 0 Å². The van der Waals surface area contributed by atoms with E-state index in [4.69, 9.17) is 15.2 Å². The van der Waals surface area contributed by atoms with Crippen LogP contribution in [0.3, 0.4) is 0 Å². The summed E-state index contributed by atoms with van der Waals surface area (Å²) in [7, 11) is 0. The average molecular weight is 235 g/mol. The Morgan fingerprint density at radius 3 is 2.53 bits per heavy atom. The molecule has 0 fully saturated rings. The highest BCUT2D eigenvalue weighted by Crippen LogP contribution is 2.36. The fourth-order valence-electron chi connectivity index (χ4n) is 2.36. The highest BCUT2D eigenvalue weighted by molar-refractivity contribution is 5.44. The van der Waals surface area contributed by atoms with Gasteiger partial charge in [-0.05, 0) is 42.5 Å². The molecule has 0 aromatic heterocycles. The van der Waals surface area contributed by atoms with Crippen LogP contribution in [0.4, 0.5) is 0 Å². The van der Waals surface area contributed by atoms with Gasteiger partial charge in [-0.1, -0.05) is 19.9 Å². The number of fused-ring (bicyclic) bond motifs is 1. The Labute approximate surface area is 103 Å². The van der Waals surface area contributed by atoms with Crippen LogP contribution in [0.25, 0.3) is 0 Å². The molecule has 1 heterocycles.